The third-order valence-electron chi connectivity index (χ3n) is 3.08. The molecule has 1 atom stereocenters. The second-order valence-corrected chi connectivity index (χ2v) is 5.37. The lowest BCUT2D eigenvalue weighted by atomic mass is 10.0. The average Bonchev–Trinajstić information content (AvgIpc) is 2.49. The largest absolute Gasteiger partial charge is 0.388 e. The Morgan fingerprint density at radius 3 is 2.70 bits per heavy atom. The van der Waals surface area contributed by atoms with Gasteiger partial charge in [0.25, 0.3) is 0 Å². The van der Waals surface area contributed by atoms with Crippen molar-refractivity contribution < 1.29 is 5.11 Å². The predicted molar refractivity (Wildman–Crippen MR) is 80.1 cm³/mol. The molecular weight excluding hydrogens is 318 g/mol. The number of hydrogen-bond acceptors (Lipinski definition) is 4. The summed E-state index contributed by atoms with van der Waals surface area (Å²) in [6, 6.07) is 9.45. The van der Waals surface area contributed by atoms with Crippen LogP contribution in [0, 0.1) is 0 Å². The van der Waals surface area contributed by atoms with Gasteiger partial charge in [0.05, 0.1) is 17.1 Å². The zero-order valence-corrected chi connectivity index (χ0v) is 12.2. The van der Waals surface area contributed by atoms with Crippen molar-refractivity contribution in [1.82, 2.24) is 15.0 Å². The van der Waals surface area contributed by atoms with Gasteiger partial charge in [0.15, 0.2) is 0 Å². The molecule has 3 aromatic rings. The number of benzene rings is 1. The number of aromatic nitrogens is 3. The number of pyridine rings is 1. The highest BCUT2D eigenvalue weighted by Gasteiger charge is 2.13. The van der Waals surface area contributed by atoms with Crippen LogP contribution in [0.3, 0.4) is 0 Å². The second kappa shape index (κ2) is 5.64. The summed E-state index contributed by atoms with van der Waals surface area (Å²) in [5.74, 6) is 0. The Hall–Kier alpha value is -1.85. The molecule has 0 aliphatic heterocycles. The number of nitrogens with zero attached hydrogens (tertiary/aromatic N) is 3. The van der Waals surface area contributed by atoms with E-state index >= 15 is 0 Å². The highest BCUT2D eigenvalue weighted by Crippen LogP contribution is 2.23. The molecule has 0 aliphatic carbocycles. The van der Waals surface area contributed by atoms with Crippen molar-refractivity contribution in [3.63, 3.8) is 0 Å². The van der Waals surface area contributed by atoms with Crippen molar-refractivity contribution in [2.75, 3.05) is 0 Å². The summed E-state index contributed by atoms with van der Waals surface area (Å²) in [6.45, 7) is 0. The quantitative estimate of drug-likeness (QED) is 0.802. The first-order chi connectivity index (χ1) is 9.74. The first-order valence-electron chi connectivity index (χ1n) is 6.22. The maximum atomic E-state index is 10.4. The molecule has 0 fully saturated rings. The van der Waals surface area contributed by atoms with Gasteiger partial charge in [-0.05, 0) is 34.1 Å². The van der Waals surface area contributed by atoms with Gasteiger partial charge in [-0.25, -0.2) is 0 Å². The highest BCUT2D eigenvalue weighted by molar-refractivity contribution is 9.10. The molecular formula is C15H12BrN3O. The number of para-hydroxylation sites is 1. The molecule has 2 heterocycles. The first kappa shape index (κ1) is 13.1. The lowest BCUT2D eigenvalue weighted by Crippen LogP contribution is -2.05. The van der Waals surface area contributed by atoms with Crippen molar-refractivity contribution >= 4 is 27.0 Å². The number of aliphatic hydroxyl groups is 1. The molecule has 2 aromatic heterocycles. The van der Waals surface area contributed by atoms with Crippen LogP contribution in [0.5, 0.6) is 0 Å². The van der Waals surface area contributed by atoms with Crippen molar-refractivity contribution in [1.29, 1.82) is 0 Å². The molecule has 0 aliphatic rings. The van der Waals surface area contributed by atoms with E-state index < -0.39 is 6.10 Å². The van der Waals surface area contributed by atoms with Crippen LogP contribution in [0.2, 0.25) is 0 Å². The number of hydrogen-bond donors (Lipinski definition) is 1. The van der Waals surface area contributed by atoms with Crippen molar-refractivity contribution in [3.05, 3.63) is 64.7 Å². The van der Waals surface area contributed by atoms with Crippen LogP contribution in [-0.2, 0) is 6.42 Å². The Bertz CT molecular complexity index is 725. The monoisotopic (exact) mass is 329 g/mol. The van der Waals surface area contributed by atoms with Gasteiger partial charge in [-0.3, -0.25) is 15.0 Å². The summed E-state index contributed by atoms with van der Waals surface area (Å²) in [5.41, 5.74) is 3.13. The molecule has 5 heteroatoms. The topological polar surface area (TPSA) is 58.9 Å². The smallest absolute Gasteiger partial charge is 0.0944 e. The van der Waals surface area contributed by atoms with Crippen LogP contribution in [0.4, 0.5) is 0 Å². The van der Waals surface area contributed by atoms with E-state index in [1.54, 1.807) is 18.6 Å². The SMILES string of the molecule is OC(Cc1ccc(Br)cn1)c1cccc2nccnc12. The van der Waals surface area contributed by atoms with Gasteiger partial charge in [-0.2, -0.15) is 0 Å². The zero-order chi connectivity index (χ0) is 13.9. The molecule has 1 N–H and O–H groups in total. The van der Waals surface area contributed by atoms with E-state index in [2.05, 4.69) is 30.9 Å². The van der Waals surface area contributed by atoms with Crippen molar-refractivity contribution in [3.8, 4) is 0 Å². The van der Waals surface area contributed by atoms with Gasteiger partial charge in [0.1, 0.15) is 0 Å². The lowest BCUT2D eigenvalue weighted by Gasteiger charge is -2.12. The minimum atomic E-state index is -0.649. The fourth-order valence-electron chi connectivity index (χ4n) is 2.12. The van der Waals surface area contributed by atoms with Gasteiger partial charge in [-0.1, -0.05) is 12.1 Å². The van der Waals surface area contributed by atoms with Crippen LogP contribution in [-0.4, -0.2) is 20.1 Å². The summed E-state index contributed by atoms with van der Waals surface area (Å²) in [6.07, 6.45) is 4.81. The molecule has 20 heavy (non-hydrogen) atoms. The molecule has 3 rings (SSSR count). The standard InChI is InChI=1S/C15H12BrN3O/c16-10-4-5-11(19-9-10)8-14(20)12-2-1-3-13-15(12)18-7-6-17-13/h1-7,9,14,20H,8H2. The summed E-state index contributed by atoms with van der Waals surface area (Å²) >= 11 is 3.35. The summed E-state index contributed by atoms with van der Waals surface area (Å²) in [4.78, 5) is 12.8. The number of halogens is 1. The Balaban J connectivity index is 1.92. The van der Waals surface area contributed by atoms with E-state index in [0.29, 0.717) is 6.42 Å². The maximum Gasteiger partial charge on any atom is 0.0944 e. The zero-order valence-electron chi connectivity index (χ0n) is 10.6. The predicted octanol–water partition coefficient (Wildman–Crippen LogP) is 3.06. The molecule has 0 radical (unpaired) electrons. The van der Waals surface area contributed by atoms with E-state index in [9.17, 15) is 5.11 Å². The van der Waals surface area contributed by atoms with Crippen LogP contribution in [0.15, 0.2) is 53.4 Å². The Labute approximate surface area is 124 Å². The van der Waals surface area contributed by atoms with Gasteiger partial charge < -0.3 is 5.11 Å². The van der Waals surface area contributed by atoms with E-state index in [0.717, 1.165) is 26.8 Å². The second-order valence-electron chi connectivity index (χ2n) is 4.46. The molecule has 0 bridgehead atoms. The van der Waals surface area contributed by atoms with Gasteiger partial charge >= 0.3 is 0 Å². The first-order valence-corrected chi connectivity index (χ1v) is 7.01. The van der Waals surface area contributed by atoms with E-state index in [4.69, 9.17) is 0 Å². The molecule has 0 amide bonds. The number of aliphatic hydroxyl groups excluding tert-OH is 1. The molecule has 1 unspecified atom stereocenters. The Morgan fingerprint density at radius 2 is 1.90 bits per heavy atom. The minimum absolute atomic E-state index is 0.447. The molecule has 100 valence electrons. The summed E-state index contributed by atoms with van der Waals surface area (Å²) in [5, 5.41) is 10.4. The van der Waals surface area contributed by atoms with E-state index in [-0.39, 0.29) is 0 Å². The Kier molecular flexibility index (Phi) is 3.71. The maximum absolute atomic E-state index is 10.4. The average molecular weight is 330 g/mol. The van der Waals surface area contributed by atoms with Crippen LogP contribution >= 0.6 is 15.9 Å². The minimum Gasteiger partial charge on any atom is -0.388 e. The van der Waals surface area contributed by atoms with Gasteiger partial charge in [0, 0.05) is 40.7 Å². The molecule has 0 spiro atoms. The summed E-state index contributed by atoms with van der Waals surface area (Å²) in [7, 11) is 0. The van der Waals surface area contributed by atoms with Crippen LogP contribution < -0.4 is 0 Å². The molecule has 4 nitrogen and oxygen atoms in total. The lowest BCUT2D eigenvalue weighted by molar-refractivity contribution is 0.178. The summed E-state index contributed by atoms with van der Waals surface area (Å²) < 4.78 is 0.923. The van der Waals surface area contributed by atoms with Crippen molar-refractivity contribution in [2.24, 2.45) is 0 Å². The van der Waals surface area contributed by atoms with Crippen LogP contribution in [0.25, 0.3) is 11.0 Å². The van der Waals surface area contributed by atoms with E-state index in [1.807, 2.05) is 30.3 Å². The number of rotatable bonds is 3. The third kappa shape index (κ3) is 2.69. The fraction of sp³-hybridized carbons (Fsp3) is 0.133. The third-order valence-corrected chi connectivity index (χ3v) is 3.55. The fourth-order valence-corrected chi connectivity index (χ4v) is 2.35. The number of fused-ring (bicyclic) bond motifs is 1. The van der Waals surface area contributed by atoms with Crippen LogP contribution in [0.1, 0.15) is 17.4 Å². The van der Waals surface area contributed by atoms with Gasteiger partial charge in [-0.15, -0.1) is 0 Å². The Morgan fingerprint density at radius 1 is 1.05 bits per heavy atom. The van der Waals surface area contributed by atoms with E-state index in [1.165, 1.54) is 0 Å². The normalized spacial score (nSPS) is 12.5. The van der Waals surface area contributed by atoms with Gasteiger partial charge in [0.2, 0.25) is 0 Å². The molecule has 0 saturated carbocycles. The molecule has 0 saturated heterocycles. The van der Waals surface area contributed by atoms with Crippen molar-refractivity contribution in [2.45, 2.75) is 12.5 Å². The molecule has 1 aromatic carbocycles. The highest BCUT2D eigenvalue weighted by atomic mass is 79.9.